The third kappa shape index (κ3) is 5.56. The van der Waals surface area contributed by atoms with E-state index in [1.165, 1.54) is 6.08 Å². The highest BCUT2D eigenvalue weighted by molar-refractivity contribution is 9.10. The number of carbonyl (C=O) groups excluding carboxylic acids is 1. The lowest BCUT2D eigenvalue weighted by Crippen LogP contribution is -2.42. The molecule has 1 atom stereocenters. The minimum absolute atomic E-state index is 0.0368. The number of benzene rings is 1. The quantitative estimate of drug-likeness (QED) is 0.786. The van der Waals surface area contributed by atoms with E-state index >= 15 is 0 Å². The van der Waals surface area contributed by atoms with Crippen molar-refractivity contribution in [2.24, 2.45) is 0 Å². The second-order valence-electron chi connectivity index (χ2n) is 3.76. The van der Waals surface area contributed by atoms with Gasteiger partial charge in [-0.15, -0.1) is 0 Å². The second-order valence-corrected chi connectivity index (χ2v) is 4.67. The second kappa shape index (κ2) is 7.58. The maximum Gasteiger partial charge on any atom is 0.408 e. The molecule has 5 nitrogen and oxygen atoms in total. The molecular formula is C13H14BrNO4. The third-order valence-electron chi connectivity index (χ3n) is 2.25. The first kappa shape index (κ1) is 15.2. The van der Waals surface area contributed by atoms with Gasteiger partial charge in [-0.3, -0.25) is 0 Å². The van der Waals surface area contributed by atoms with Crippen LogP contribution in [0.5, 0.6) is 0 Å². The monoisotopic (exact) mass is 327 g/mol. The first-order valence-corrected chi connectivity index (χ1v) is 6.33. The molecule has 6 heteroatoms. The lowest BCUT2D eigenvalue weighted by atomic mass is 10.1. The van der Waals surface area contributed by atoms with Gasteiger partial charge in [0, 0.05) is 10.9 Å². The number of carbonyl (C=O) groups is 2. The molecule has 0 heterocycles. The Kier molecular flexibility index (Phi) is 6.08. The van der Waals surface area contributed by atoms with Gasteiger partial charge >= 0.3 is 12.1 Å². The molecule has 0 spiro atoms. The molecule has 0 aromatic heterocycles. The lowest BCUT2D eigenvalue weighted by Gasteiger charge is -2.14. The van der Waals surface area contributed by atoms with Gasteiger partial charge < -0.3 is 15.2 Å². The summed E-state index contributed by atoms with van der Waals surface area (Å²) < 4.78 is 5.54. The molecule has 0 aliphatic carbocycles. The number of carboxylic acids is 1. The van der Waals surface area contributed by atoms with Crippen molar-refractivity contribution in [1.82, 2.24) is 5.32 Å². The minimum Gasteiger partial charge on any atom is -0.480 e. The van der Waals surface area contributed by atoms with Gasteiger partial charge in [0.05, 0.1) is 0 Å². The van der Waals surface area contributed by atoms with E-state index in [1.807, 2.05) is 6.07 Å². The highest BCUT2D eigenvalue weighted by Crippen LogP contribution is 2.13. The number of carboxylic acid groups (broad SMARTS) is 1. The van der Waals surface area contributed by atoms with Gasteiger partial charge in [-0.05, 0) is 17.7 Å². The van der Waals surface area contributed by atoms with Crippen molar-refractivity contribution in [3.8, 4) is 0 Å². The molecule has 1 amide bonds. The molecule has 0 aliphatic rings. The normalized spacial score (nSPS) is 11.4. The van der Waals surface area contributed by atoms with E-state index in [1.54, 1.807) is 18.2 Å². The average Bonchev–Trinajstić information content (AvgIpc) is 2.35. The Bertz CT molecular complexity index is 475. The van der Waals surface area contributed by atoms with E-state index < -0.39 is 18.1 Å². The Morgan fingerprint density at radius 1 is 1.53 bits per heavy atom. The molecule has 0 fully saturated rings. The molecule has 1 aromatic rings. The smallest absolute Gasteiger partial charge is 0.408 e. The van der Waals surface area contributed by atoms with Crippen LogP contribution in [0.25, 0.3) is 0 Å². The summed E-state index contributed by atoms with van der Waals surface area (Å²) in [6, 6.07) is 6.19. The molecule has 0 saturated heterocycles. The molecule has 0 aliphatic heterocycles. The zero-order valence-corrected chi connectivity index (χ0v) is 11.7. The topological polar surface area (TPSA) is 75.6 Å². The van der Waals surface area contributed by atoms with Crippen molar-refractivity contribution in [3.05, 3.63) is 47.0 Å². The minimum atomic E-state index is -1.12. The SMILES string of the molecule is C=CCOC(=O)N[C@@H](Cc1cccc(Br)c1)C(=O)O. The molecule has 1 aromatic carbocycles. The summed E-state index contributed by atoms with van der Waals surface area (Å²) in [5.74, 6) is -1.12. The Morgan fingerprint density at radius 3 is 2.84 bits per heavy atom. The summed E-state index contributed by atoms with van der Waals surface area (Å²) in [5, 5.41) is 11.4. The Labute approximate surface area is 119 Å². The fourth-order valence-corrected chi connectivity index (χ4v) is 1.86. The number of hydrogen-bond donors (Lipinski definition) is 2. The van der Waals surface area contributed by atoms with Crippen molar-refractivity contribution in [1.29, 1.82) is 0 Å². The number of halogens is 1. The number of alkyl carbamates (subject to hydrolysis) is 1. The Balaban J connectivity index is 2.65. The number of amides is 1. The molecule has 19 heavy (non-hydrogen) atoms. The van der Waals surface area contributed by atoms with Crippen LogP contribution in [0.15, 0.2) is 41.4 Å². The molecule has 2 N–H and O–H groups in total. The zero-order chi connectivity index (χ0) is 14.3. The molecule has 102 valence electrons. The summed E-state index contributed by atoms with van der Waals surface area (Å²) >= 11 is 3.30. The molecule has 0 bridgehead atoms. The third-order valence-corrected chi connectivity index (χ3v) is 2.74. The van der Waals surface area contributed by atoms with Gasteiger partial charge in [-0.1, -0.05) is 40.7 Å². The van der Waals surface area contributed by atoms with E-state index in [4.69, 9.17) is 9.84 Å². The van der Waals surface area contributed by atoms with Crippen LogP contribution in [0.4, 0.5) is 4.79 Å². The van der Waals surface area contributed by atoms with Crippen molar-refractivity contribution in [2.45, 2.75) is 12.5 Å². The first-order valence-electron chi connectivity index (χ1n) is 5.54. The van der Waals surface area contributed by atoms with Crippen LogP contribution in [0, 0.1) is 0 Å². The van der Waals surface area contributed by atoms with Crippen LogP contribution < -0.4 is 5.32 Å². The van der Waals surface area contributed by atoms with Crippen LogP contribution in [0.3, 0.4) is 0 Å². The van der Waals surface area contributed by atoms with E-state index in [0.29, 0.717) is 0 Å². The van der Waals surface area contributed by atoms with Gasteiger partial charge in [-0.25, -0.2) is 9.59 Å². The van der Waals surface area contributed by atoms with Gasteiger partial charge in [0.25, 0.3) is 0 Å². The van der Waals surface area contributed by atoms with Gasteiger partial charge in [-0.2, -0.15) is 0 Å². The zero-order valence-electron chi connectivity index (χ0n) is 10.1. The van der Waals surface area contributed by atoms with Crippen molar-refractivity contribution < 1.29 is 19.4 Å². The van der Waals surface area contributed by atoms with Crippen LogP contribution >= 0.6 is 15.9 Å². The van der Waals surface area contributed by atoms with Crippen molar-refractivity contribution in [2.75, 3.05) is 6.61 Å². The van der Waals surface area contributed by atoms with Gasteiger partial charge in [0.2, 0.25) is 0 Å². The summed E-state index contributed by atoms with van der Waals surface area (Å²) in [7, 11) is 0. The predicted molar refractivity (Wildman–Crippen MR) is 74.0 cm³/mol. The predicted octanol–water partition coefficient (Wildman–Crippen LogP) is 2.36. The fourth-order valence-electron chi connectivity index (χ4n) is 1.42. The number of aliphatic carboxylic acids is 1. The number of nitrogens with one attached hydrogen (secondary N) is 1. The molecule has 0 saturated carbocycles. The number of ether oxygens (including phenoxy) is 1. The maximum atomic E-state index is 11.3. The lowest BCUT2D eigenvalue weighted by molar-refractivity contribution is -0.139. The molecule has 1 rings (SSSR count). The van der Waals surface area contributed by atoms with E-state index in [0.717, 1.165) is 10.0 Å². The van der Waals surface area contributed by atoms with Crippen molar-refractivity contribution in [3.63, 3.8) is 0 Å². The largest absolute Gasteiger partial charge is 0.480 e. The first-order chi connectivity index (χ1) is 9.02. The van der Waals surface area contributed by atoms with Crippen LogP contribution in [0.2, 0.25) is 0 Å². The van der Waals surface area contributed by atoms with Crippen molar-refractivity contribution >= 4 is 28.0 Å². The summed E-state index contributed by atoms with van der Waals surface area (Å²) in [5.41, 5.74) is 0.797. The molecule has 0 unspecified atom stereocenters. The van der Waals surface area contributed by atoms with Gasteiger partial charge in [0.15, 0.2) is 0 Å². The fraction of sp³-hybridized carbons (Fsp3) is 0.231. The standard InChI is InChI=1S/C13H14BrNO4/c1-2-6-19-13(18)15-11(12(16)17)8-9-4-3-5-10(14)7-9/h2-5,7,11H,1,6,8H2,(H,15,18)(H,16,17)/t11-/m0/s1. The van der Waals surface area contributed by atoms with E-state index in [-0.39, 0.29) is 13.0 Å². The number of rotatable bonds is 6. The van der Waals surface area contributed by atoms with Crippen LogP contribution in [0.1, 0.15) is 5.56 Å². The molecular weight excluding hydrogens is 314 g/mol. The summed E-state index contributed by atoms with van der Waals surface area (Å²) in [6.07, 6.45) is 0.809. The Hall–Kier alpha value is -1.82. The highest BCUT2D eigenvalue weighted by Gasteiger charge is 2.21. The summed E-state index contributed by atoms with van der Waals surface area (Å²) in [4.78, 5) is 22.4. The Morgan fingerprint density at radius 2 is 2.26 bits per heavy atom. The maximum absolute atomic E-state index is 11.3. The van der Waals surface area contributed by atoms with E-state index in [2.05, 4.69) is 27.8 Å². The highest BCUT2D eigenvalue weighted by atomic mass is 79.9. The van der Waals surface area contributed by atoms with Gasteiger partial charge in [0.1, 0.15) is 12.6 Å². The number of hydrogen-bond acceptors (Lipinski definition) is 3. The van der Waals surface area contributed by atoms with Crippen LogP contribution in [-0.2, 0) is 16.0 Å². The molecule has 0 radical (unpaired) electrons. The average molecular weight is 328 g/mol. The summed E-state index contributed by atoms with van der Waals surface area (Å²) in [6.45, 7) is 3.43. The van der Waals surface area contributed by atoms with E-state index in [9.17, 15) is 9.59 Å². The van der Waals surface area contributed by atoms with Crippen LogP contribution in [-0.4, -0.2) is 29.8 Å².